The van der Waals surface area contributed by atoms with Gasteiger partial charge in [0, 0.05) is 6.54 Å². The summed E-state index contributed by atoms with van der Waals surface area (Å²) >= 11 is 0. The molecular formula is C21H28N4O2. The predicted octanol–water partition coefficient (Wildman–Crippen LogP) is 4.16. The normalized spacial score (nSPS) is 21.2. The molecule has 1 aliphatic carbocycles. The van der Waals surface area contributed by atoms with Gasteiger partial charge in [-0.3, -0.25) is 4.79 Å². The zero-order valence-corrected chi connectivity index (χ0v) is 16.0. The van der Waals surface area contributed by atoms with Crippen LogP contribution in [0.3, 0.4) is 0 Å². The van der Waals surface area contributed by atoms with E-state index >= 15 is 0 Å². The van der Waals surface area contributed by atoms with Crippen molar-refractivity contribution in [2.24, 2.45) is 0 Å². The maximum absolute atomic E-state index is 13.1. The molecule has 144 valence electrons. The number of aromatic nitrogens is 3. The molecule has 4 rings (SSSR count). The van der Waals surface area contributed by atoms with Crippen molar-refractivity contribution in [1.29, 1.82) is 0 Å². The van der Waals surface area contributed by atoms with Gasteiger partial charge >= 0.3 is 0 Å². The highest BCUT2D eigenvalue weighted by Crippen LogP contribution is 2.34. The van der Waals surface area contributed by atoms with Gasteiger partial charge in [0.1, 0.15) is 5.75 Å². The molecule has 0 bridgehead atoms. The second-order valence-corrected chi connectivity index (χ2v) is 7.66. The standard InChI is InChI=1S/C21H28N4O2/c1-27-18-11-6-8-16(14-18)20-12-7-13-24(20)21(26)19-15-25(23-22-19)17-9-4-2-3-5-10-17/h6,8,11,14-15,17,20H,2-5,7,9-10,12-13H2,1H3. The van der Waals surface area contributed by atoms with Gasteiger partial charge in [0.15, 0.2) is 5.69 Å². The summed E-state index contributed by atoms with van der Waals surface area (Å²) in [5, 5.41) is 8.52. The van der Waals surface area contributed by atoms with Crippen LogP contribution in [0.2, 0.25) is 0 Å². The van der Waals surface area contributed by atoms with Crippen molar-refractivity contribution < 1.29 is 9.53 Å². The minimum Gasteiger partial charge on any atom is -0.497 e. The van der Waals surface area contributed by atoms with Crippen LogP contribution in [-0.4, -0.2) is 39.5 Å². The van der Waals surface area contributed by atoms with Crippen molar-refractivity contribution in [3.63, 3.8) is 0 Å². The number of amides is 1. The topological polar surface area (TPSA) is 60.2 Å². The van der Waals surface area contributed by atoms with Crippen molar-refractivity contribution in [2.75, 3.05) is 13.7 Å². The van der Waals surface area contributed by atoms with Crippen molar-refractivity contribution >= 4 is 5.91 Å². The highest BCUT2D eigenvalue weighted by molar-refractivity contribution is 5.92. The third-order valence-corrected chi connectivity index (χ3v) is 5.92. The first-order chi connectivity index (χ1) is 13.3. The molecule has 1 atom stereocenters. The third kappa shape index (κ3) is 3.84. The number of nitrogens with zero attached hydrogens (tertiary/aromatic N) is 4. The summed E-state index contributed by atoms with van der Waals surface area (Å²) in [5.41, 5.74) is 1.59. The van der Waals surface area contributed by atoms with Crippen molar-refractivity contribution in [1.82, 2.24) is 19.9 Å². The average molecular weight is 368 g/mol. The molecule has 1 aromatic carbocycles. The first-order valence-corrected chi connectivity index (χ1v) is 10.1. The van der Waals surface area contributed by atoms with Gasteiger partial charge in [-0.15, -0.1) is 5.10 Å². The lowest BCUT2D eigenvalue weighted by Crippen LogP contribution is -2.30. The Hall–Kier alpha value is -2.37. The SMILES string of the molecule is COc1cccc(C2CCCN2C(=O)c2cn(C3CCCCCC3)nn2)c1. The fraction of sp³-hybridized carbons (Fsp3) is 0.571. The molecule has 1 saturated heterocycles. The van der Waals surface area contributed by atoms with Crippen molar-refractivity contribution in [2.45, 2.75) is 63.5 Å². The summed E-state index contributed by atoms with van der Waals surface area (Å²) in [6.07, 6.45) is 11.2. The molecule has 2 aromatic rings. The number of hydrogen-bond donors (Lipinski definition) is 0. The zero-order valence-electron chi connectivity index (χ0n) is 16.0. The Labute approximate surface area is 160 Å². The van der Waals surface area contributed by atoms with Gasteiger partial charge in [0.05, 0.1) is 25.4 Å². The molecular weight excluding hydrogens is 340 g/mol. The largest absolute Gasteiger partial charge is 0.497 e. The smallest absolute Gasteiger partial charge is 0.276 e. The van der Waals surface area contributed by atoms with E-state index in [0.29, 0.717) is 11.7 Å². The van der Waals surface area contributed by atoms with E-state index in [1.807, 2.05) is 34.0 Å². The number of benzene rings is 1. The van der Waals surface area contributed by atoms with E-state index < -0.39 is 0 Å². The van der Waals surface area contributed by atoms with Gasteiger partial charge in [-0.2, -0.15) is 0 Å². The van der Waals surface area contributed by atoms with Gasteiger partial charge in [-0.25, -0.2) is 4.68 Å². The Bertz CT molecular complexity index is 780. The molecule has 2 heterocycles. The first kappa shape index (κ1) is 18.0. The lowest BCUT2D eigenvalue weighted by Gasteiger charge is -2.24. The summed E-state index contributed by atoms with van der Waals surface area (Å²) in [7, 11) is 1.67. The Morgan fingerprint density at radius 1 is 1.11 bits per heavy atom. The number of carbonyl (C=O) groups excluding carboxylic acids is 1. The van der Waals surface area contributed by atoms with Crippen LogP contribution >= 0.6 is 0 Å². The average Bonchev–Trinajstić information content (AvgIpc) is 3.32. The van der Waals surface area contributed by atoms with Gasteiger partial charge in [-0.05, 0) is 43.4 Å². The Morgan fingerprint density at radius 3 is 2.70 bits per heavy atom. The van der Waals surface area contributed by atoms with Crippen LogP contribution < -0.4 is 4.74 Å². The maximum atomic E-state index is 13.1. The predicted molar refractivity (Wildman–Crippen MR) is 103 cm³/mol. The second-order valence-electron chi connectivity index (χ2n) is 7.66. The molecule has 6 nitrogen and oxygen atoms in total. The quantitative estimate of drug-likeness (QED) is 0.760. The highest BCUT2D eigenvalue weighted by Gasteiger charge is 2.32. The Kier molecular flexibility index (Phi) is 5.41. The Morgan fingerprint density at radius 2 is 1.93 bits per heavy atom. The maximum Gasteiger partial charge on any atom is 0.276 e. The number of carbonyl (C=O) groups is 1. The van der Waals surface area contributed by atoms with Crippen LogP contribution in [0.25, 0.3) is 0 Å². The lowest BCUT2D eigenvalue weighted by atomic mass is 10.0. The van der Waals surface area contributed by atoms with Crippen LogP contribution in [0, 0.1) is 0 Å². The highest BCUT2D eigenvalue weighted by atomic mass is 16.5. The fourth-order valence-corrected chi connectivity index (χ4v) is 4.43. The molecule has 1 saturated carbocycles. The number of ether oxygens (including phenoxy) is 1. The van der Waals surface area contributed by atoms with Crippen LogP contribution in [0.15, 0.2) is 30.5 Å². The molecule has 1 amide bonds. The summed E-state index contributed by atoms with van der Waals surface area (Å²) in [6.45, 7) is 0.761. The number of rotatable bonds is 4. The molecule has 6 heteroatoms. The van der Waals surface area contributed by atoms with E-state index in [0.717, 1.165) is 43.5 Å². The summed E-state index contributed by atoms with van der Waals surface area (Å²) in [4.78, 5) is 15.1. The fourth-order valence-electron chi connectivity index (χ4n) is 4.43. The molecule has 2 fully saturated rings. The van der Waals surface area contributed by atoms with Gasteiger partial charge in [-0.1, -0.05) is 43.0 Å². The van der Waals surface area contributed by atoms with Crippen molar-refractivity contribution in [3.05, 3.63) is 41.7 Å². The number of hydrogen-bond acceptors (Lipinski definition) is 4. The van der Waals surface area contributed by atoms with Gasteiger partial charge < -0.3 is 9.64 Å². The molecule has 27 heavy (non-hydrogen) atoms. The van der Waals surface area contributed by atoms with E-state index in [4.69, 9.17) is 4.74 Å². The number of methoxy groups -OCH3 is 1. The van der Waals surface area contributed by atoms with Crippen molar-refractivity contribution in [3.8, 4) is 5.75 Å². The molecule has 1 unspecified atom stereocenters. The molecule has 0 spiro atoms. The lowest BCUT2D eigenvalue weighted by molar-refractivity contribution is 0.0729. The molecule has 1 aliphatic heterocycles. The molecule has 0 radical (unpaired) electrons. The van der Waals surface area contributed by atoms with E-state index in [2.05, 4.69) is 16.4 Å². The summed E-state index contributed by atoms with van der Waals surface area (Å²) in [5.74, 6) is 0.811. The van der Waals surface area contributed by atoms with Gasteiger partial charge in [0.25, 0.3) is 5.91 Å². The molecule has 0 N–H and O–H groups in total. The van der Waals surface area contributed by atoms with Crippen LogP contribution in [0.5, 0.6) is 5.75 Å². The zero-order chi connectivity index (χ0) is 18.6. The summed E-state index contributed by atoms with van der Waals surface area (Å²) in [6, 6.07) is 8.48. The Balaban J connectivity index is 1.51. The molecule has 1 aromatic heterocycles. The third-order valence-electron chi connectivity index (χ3n) is 5.92. The number of likely N-dealkylation sites (tertiary alicyclic amines) is 1. The van der Waals surface area contributed by atoms with E-state index in [-0.39, 0.29) is 11.9 Å². The second kappa shape index (κ2) is 8.11. The molecule has 2 aliphatic rings. The summed E-state index contributed by atoms with van der Waals surface area (Å²) < 4.78 is 7.27. The van der Waals surface area contributed by atoms with E-state index in [1.165, 1.54) is 25.7 Å². The van der Waals surface area contributed by atoms with E-state index in [1.54, 1.807) is 7.11 Å². The van der Waals surface area contributed by atoms with Gasteiger partial charge in [0.2, 0.25) is 0 Å². The monoisotopic (exact) mass is 368 g/mol. The minimum atomic E-state index is -0.0137. The van der Waals surface area contributed by atoms with Crippen LogP contribution in [0.1, 0.15) is 79.5 Å². The minimum absolute atomic E-state index is 0.0137. The van der Waals surface area contributed by atoms with E-state index in [9.17, 15) is 4.79 Å². The first-order valence-electron chi connectivity index (χ1n) is 10.1. The van der Waals surface area contributed by atoms with Crippen LogP contribution in [0.4, 0.5) is 0 Å². The van der Waals surface area contributed by atoms with Crippen LogP contribution in [-0.2, 0) is 0 Å².